The van der Waals surface area contributed by atoms with Crippen molar-refractivity contribution in [3.05, 3.63) is 0 Å². The summed E-state index contributed by atoms with van der Waals surface area (Å²) in [5.74, 6) is 1.42. The van der Waals surface area contributed by atoms with Crippen molar-refractivity contribution in [2.24, 2.45) is 16.6 Å². The smallest absolute Gasteiger partial charge is 0.224 e. The predicted octanol–water partition coefficient (Wildman–Crippen LogP) is 1.01. The molecule has 0 bridgehead atoms. The third-order valence-corrected chi connectivity index (χ3v) is 2.73. The molecule has 2 N–H and O–H groups in total. The molecule has 1 saturated carbocycles. The Morgan fingerprint density at radius 3 is 2.47 bits per heavy atom. The van der Waals surface area contributed by atoms with E-state index in [9.17, 15) is 4.79 Å². The van der Waals surface area contributed by atoms with Crippen LogP contribution in [0.2, 0.25) is 0 Å². The Morgan fingerprint density at radius 1 is 1.40 bits per heavy atom. The van der Waals surface area contributed by atoms with Crippen LogP contribution in [0.15, 0.2) is 4.99 Å². The van der Waals surface area contributed by atoms with Crippen LogP contribution in [0.5, 0.6) is 0 Å². The van der Waals surface area contributed by atoms with Crippen LogP contribution < -0.4 is 5.73 Å². The highest BCUT2D eigenvalue weighted by molar-refractivity contribution is 5.85. The fourth-order valence-electron chi connectivity index (χ4n) is 1.52. The van der Waals surface area contributed by atoms with E-state index in [-0.39, 0.29) is 5.91 Å². The second-order valence-electron chi connectivity index (χ2n) is 3.90. The molecule has 1 amide bonds. The minimum Gasteiger partial charge on any atom is -0.387 e. The number of amides is 1. The Morgan fingerprint density at radius 2 is 2.00 bits per heavy atom. The second kappa shape index (κ2) is 5.73. The average Bonchev–Trinajstić information content (AvgIpc) is 3.02. The number of hydrogen-bond donors (Lipinski definition) is 1. The molecule has 15 heavy (non-hydrogen) atoms. The monoisotopic (exact) mass is 211 g/mol. The summed E-state index contributed by atoms with van der Waals surface area (Å²) < 4.78 is 0. The number of rotatable bonds is 6. The highest BCUT2D eigenvalue weighted by Gasteiger charge is 2.25. The Balaban J connectivity index is 2.23. The topological polar surface area (TPSA) is 58.7 Å². The number of nitrogens with two attached hydrogens (primary N) is 1. The molecule has 0 atom stereocenters. The Bertz CT molecular complexity index is 242. The zero-order chi connectivity index (χ0) is 11.3. The van der Waals surface area contributed by atoms with Gasteiger partial charge >= 0.3 is 0 Å². The summed E-state index contributed by atoms with van der Waals surface area (Å²) in [5.41, 5.74) is 5.73. The molecule has 1 rings (SSSR count). The van der Waals surface area contributed by atoms with E-state index in [1.54, 1.807) is 0 Å². The van der Waals surface area contributed by atoms with Crippen LogP contribution in [0.4, 0.5) is 0 Å². The van der Waals surface area contributed by atoms with Crippen molar-refractivity contribution < 1.29 is 4.79 Å². The van der Waals surface area contributed by atoms with Crippen LogP contribution in [0.25, 0.3) is 0 Å². The molecule has 0 aromatic heterocycles. The summed E-state index contributed by atoms with van der Waals surface area (Å²) in [6.07, 6.45) is 2.81. The largest absolute Gasteiger partial charge is 0.387 e. The van der Waals surface area contributed by atoms with Crippen LogP contribution in [-0.2, 0) is 4.79 Å². The van der Waals surface area contributed by atoms with Crippen molar-refractivity contribution in [1.29, 1.82) is 0 Å². The molecule has 0 aromatic carbocycles. The number of hydrogen-bond acceptors (Lipinski definition) is 2. The van der Waals surface area contributed by atoms with Gasteiger partial charge in [-0.3, -0.25) is 9.79 Å². The van der Waals surface area contributed by atoms with Crippen LogP contribution in [0, 0.1) is 5.92 Å². The van der Waals surface area contributed by atoms with E-state index in [2.05, 4.69) is 4.99 Å². The first-order valence-electron chi connectivity index (χ1n) is 5.76. The Labute approximate surface area is 91.5 Å². The van der Waals surface area contributed by atoms with E-state index in [0.717, 1.165) is 18.9 Å². The van der Waals surface area contributed by atoms with E-state index in [4.69, 9.17) is 5.73 Å². The third-order valence-electron chi connectivity index (χ3n) is 2.73. The lowest BCUT2D eigenvalue weighted by atomic mass is 10.3. The third kappa shape index (κ3) is 3.90. The van der Waals surface area contributed by atoms with Crippen LogP contribution in [-0.4, -0.2) is 36.3 Å². The van der Waals surface area contributed by atoms with Gasteiger partial charge in [0.25, 0.3) is 0 Å². The molecule has 0 heterocycles. The SMILES string of the molecule is CCN(CC)C(=O)CCN=C(N)C1CC1. The highest BCUT2D eigenvalue weighted by Crippen LogP contribution is 2.28. The minimum absolute atomic E-state index is 0.173. The van der Waals surface area contributed by atoms with Crippen molar-refractivity contribution in [2.45, 2.75) is 33.1 Å². The molecular formula is C11H21N3O. The highest BCUT2D eigenvalue weighted by atomic mass is 16.2. The summed E-state index contributed by atoms with van der Waals surface area (Å²) >= 11 is 0. The lowest BCUT2D eigenvalue weighted by molar-refractivity contribution is -0.130. The molecule has 1 aliphatic carbocycles. The van der Waals surface area contributed by atoms with Crippen LogP contribution >= 0.6 is 0 Å². The van der Waals surface area contributed by atoms with Gasteiger partial charge < -0.3 is 10.6 Å². The van der Waals surface area contributed by atoms with Gasteiger partial charge in [-0.25, -0.2) is 0 Å². The molecule has 0 aromatic rings. The summed E-state index contributed by atoms with van der Waals surface area (Å²) in [7, 11) is 0. The van der Waals surface area contributed by atoms with Crippen LogP contribution in [0.3, 0.4) is 0 Å². The number of carbonyl (C=O) groups excluding carboxylic acids is 1. The Hall–Kier alpha value is -1.06. The van der Waals surface area contributed by atoms with Crippen molar-refractivity contribution in [1.82, 2.24) is 4.90 Å². The molecule has 0 spiro atoms. The van der Waals surface area contributed by atoms with E-state index < -0.39 is 0 Å². The predicted molar refractivity (Wildman–Crippen MR) is 61.8 cm³/mol. The molecule has 86 valence electrons. The van der Waals surface area contributed by atoms with E-state index in [1.165, 1.54) is 12.8 Å². The summed E-state index contributed by atoms with van der Waals surface area (Å²) in [6, 6.07) is 0. The van der Waals surface area contributed by atoms with Gasteiger partial charge in [0.05, 0.1) is 5.84 Å². The van der Waals surface area contributed by atoms with Gasteiger partial charge in [0.2, 0.25) is 5.91 Å². The first-order chi connectivity index (χ1) is 7.19. The molecular weight excluding hydrogens is 190 g/mol. The minimum atomic E-state index is 0.173. The normalized spacial score (nSPS) is 16.5. The fraction of sp³-hybridized carbons (Fsp3) is 0.818. The van der Waals surface area contributed by atoms with E-state index in [1.807, 2.05) is 18.7 Å². The fourth-order valence-corrected chi connectivity index (χ4v) is 1.52. The maximum atomic E-state index is 11.6. The summed E-state index contributed by atoms with van der Waals surface area (Å²) in [5, 5.41) is 0. The first-order valence-corrected chi connectivity index (χ1v) is 5.76. The van der Waals surface area contributed by atoms with Gasteiger partial charge in [-0.1, -0.05) is 0 Å². The van der Waals surface area contributed by atoms with Crippen molar-refractivity contribution in [3.8, 4) is 0 Å². The molecule has 4 heteroatoms. The lowest BCUT2D eigenvalue weighted by Gasteiger charge is -2.17. The van der Waals surface area contributed by atoms with Crippen molar-refractivity contribution in [2.75, 3.05) is 19.6 Å². The summed E-state index contributed by atoms with van der Waals surface area (Å²) in [6.45, 7) is 6.07. The number of carbonyl (C=O) groups is 1. The van der Waals surface area contributed by atoms with Gasteiger partial charge in [0.1, 0.15) is 0 Å². The molecule has 4 nitrogen and oxygen atoms in total. The van der Waals surface area contributed by atoms with Crippen molar-refractivity contribution in [3.63, 3.8) is 0 Å². The molecule has 1 fully saturated rings. The number of nitrogens with zero attached hydrogens (tertiary/aromatic N) is 2. The quantitative estimate of drug-likeness (QED) is 0.526. The number of aliphatic imine (C=N–C) groups is 1. The van der Waals surface area contributed by atoms with Gasteiger partial charge in [0.15, 0.2) is 0 Å². The van der Waals surface area contributed by atoms with Gasteiger partial charge in [0, 0.05) is 32.0 Å². The van der Waals surface area contributed by atoms with Gasteiger partial charge in [-0.2, -0.15) is 0 Å². The Kier molecular flexibility index (Phi) is 4.59. The zero-order valence-electron chi connectivity index (χ0n) is 9.70. The van der Waals surface area contributed by atoms with Gasteiger partial charge in [-0.05, 0) is 26.7 Å². The average molecular weight is 211 g/mol. The second-order valence-corrected chi connectivity index (χ2v) is 3.90. The van der Waals surface area contributed by atoms with E-state index >= 15 is 0 Å². The summed E-state index contributed by atoms with van der Waals surface area (Å²) in [4.78, 5) is 17.6. The molecule has 0 radical (unpaired) electrons. The molecule has 0 aliphatic heterocycles. The maximum Gasteiger partial charge on any atom is 0.224 e. The lowest BCUT2D eigenvalue weighted by Crippen LogP contribution is -2.30. The number of amidine groups is 1. The molecule has 1 aliphatic rings. The van der Waals surface area contributed by atoms with Gasteiger partial charge in [-0.15, -0.1) is 0 Å². The van der Waals surface area contributed by atoms with E-state index in [0.29, 0.717) is 18.9 Å². The zero-order valence-corrected chi connectivity index (χ0v) is 9.70. The molecule has 0 saturated heterocycles. The maximum absolute atomic E-state index is 11.6. The standard InChI is InChI=1S/C11H21N3O/c1-3-14(4-2)10(15)7-8-13-11(12)9-5-6-9/h9H,3-8H2,1-2H3,(H2,12,13). The van der Waals surface area contributed by atoms with Crippen LogP contribution in [0.1, 0.15) is 33.1 Å². The van der Waals surface area contributed by atoms with Crippen molar-refractivity contribution >= 4 is 11.7 Å². The first kappa shape index (κ1) is 12.0. The molecule has 0 unspecified atom stereocenters.